The third-order valence-electron chi connectivity index (χ3n) is 6.25. The number of alkyl halides is 4. The van der Waals surface area contributed by atoms with Gasteiger partial charge in [-0.1, -0.05) is 0 Å². The smallest absolute Gasteiger partial charge is 0.321 e. The maximum Gasteiger partial charge on any atom is 0.321 e. The minimum atomic E-state index is -3.44. The fourth-order valence-corrected chi connectivity index (χ4v) is 4.13. The van der Waals surface area contributed by atoms with E-state index in [-0.39, 0.29) is 25.2 Å². The summed E-state index contributed by atoms with van der Waals surface area (Å²) in [5, 5.41) is 9.47. The second kappa shape index (κ2) is 8.64. The minimum absolute atomic E-state index is 0.00446. The molecular formula is C20H24F5N7O2. The molecule has 0 radical (unpaired) electrons. The summed E-state index contributed by atoms with van der Waals surface area (Å²) in [6.07, 6.45) is -5.64. The number of carbonyl (C=O) groups is 1. The summed E-state index contributed by atoms with van der Waals surface area (Å²) >= 11 is 0. The first-order chi connectivity index (χ1) is 15.9. The summed E-state index contributed by atoms with van der Waals surface area (Å²) in [7, 11) is 1.86. The first kappa shape index (κ1) is 24.1. The van der Waals surface area contributed by atoms with E-state index in [1.54, 1.807) is 13.8 Å². The first-order valence-corrected chi connectivity index (χ1v) is 10.6. The lowest BCUT2D eigenvalue weighted by Crippen LogP contribution is -2.54. The second-order valence-corrected chi connectivity index (χ2v) is 8.92. The fourth-order valence-electron chi connectivity index (χ4n) is 4.13. The van der Waals surface area contributed by atoms with Crippen LogP contribution in [0, 0.1) is 5.82 Å². The SMILES string of the molecule is CN1CCC(F)(C(=O)N2Cc3c(Nc4nc(OC(F)C(F)F)ncc4F)n[nH]c3C2(C)C)CC1. The fraction of sp³-hybridized carbons (Fsp3) is 0.600. The molecule has 0 aliphatic carbocycles. The van der Waals surface area contributed by atoms with Crippen LogP contribution in [0.4, 0.5) is 33.6 Å². The van der Waals surface area contributed by atoms with Crippen molar-refractivity contribution in [3.05, 3.63) is 23.3 Å². The van der Waals surface area contributed by atoms with Crippen molar-refractivity contribution in [2.45, 2.75) is 57.2 Å². The van der Waals surface area contributed by atoms with Crippen molar-refractivity contribution < 1.29 is 31.5 Å². The monoisotopic (exact) mass is 489 g/mol. The number of aromatic amines is 1. The molecule has 1 unspecified atom stereocenters. The van der Waals surface area contributed by atoms with Crippen LogP contribution in [0.25, 0.3) is 0 Å². The van der Waals surface area contributed by atoms with E-state index in [2.05, 4.69) is 30.2 Å². The number of nitrogens with zero attached hydrogens (tertiary/aromatic N) is 5. The molecule has 0 bridgehead atoms. The Balaban J connectivity index is 1.56. The Hall–Kier alpha value is -3.03. The Bertz CT molecular complexity index is 1070. The van der Waals surface area contributed by atoms with Gasteiger partial charge in [-0.25, -0.2) is 22.5 Å². The van der Waals surface area contributed by atoms with Gasteiger partial charge in [0.05, 0.1) is 24.0 Å². The molecule has 2 aromatic rings. The van der Waals surface area contributed by atoms with Crippen LogP contribution in [0.15, 0.2) is 6.20 Å². The van der Waals surface area contributed by atoms with Gasteiger partial charge in [0.15, 0.2) is 23.1 Å². The maximum atomic E-state index is 15.5. The van der Waals surface area contributed by atoms with Crippen molar-refractivity contribution in [3.63, 3.8) is 0 Å². The molecular weight excluding hydrogens is 465 g/mol. The molecule has 1 fully saturated rings. The number of piperidine rings is 1. The van der Waals surface area contributed by atoms with Gasteiger partial charge in [-0.2, -0.15) is 14.5 Å². The van der Waals surface area contributed by atoms with Gasteiger partial charge in [-0.3, -0.25) is 9.89 Å². The molecule has 9 nitrogen and oxygen atoms in total. The third kappa shape index (κ3) is 4.26. The molecule has 1 saturated heterocycles. The molecule has 14 heteroatoms. The van der Waals surface area contributed by atoms with Crippen molar-refractivity contribution >= 4 is 17.5 Å². The number of hydrogen-bond donors (Lipinski definition) is 2. The molecule has 2 aromatic heterocycles. The van der Waals surface area contributed by atoms with Gasteiger partial charge >= 0.3 is 18.8 Å². The number of nitrogens with one attached hydrogen (secondary N) is 2. The van der Waals surface area contributed by atoms with Crippen LogP contribution in [0.3, 0.4) is 0 Å². The highest BCUT2D eigenvalue weighted by Gasteiger charge is 2.51. The van der Waals surface area contributed by atoms with E-state index in [9.17, 15) is 22.4 Å². The summed E-state index contributed by atoms with van der Waals surface area (Å²) in [6.45, 7) is 4.38. The van der Waals surface area contributed by atoms with Crippen molar-refractivity contribution in [2.75, 3.05) is 25.5 Å². The van der Waals surface area contributed by atoms with Gasteiger partial charge in [-0.05, 0) is 20.9 Å². The number of anilines is 2. The summed E-state index contributed by atoms with van der Waals surface area (Å²) in [6, 6.07) is -0.803. The van der Waals surface area contributed by atoms with E-state index in [1.807, 2.05) is 11.9 Å². The van der Waals surface area contributed by atoms with Crippen LogP contribution in [0.1, 0.15) is 37.9 Å². The summed E-state index contributed by atoms with van der Waals surface area (Å²) in [5.41, 5.74) is -1.93. The minimum Gasteiger partial charge on any atom is -0.422 e. The van der Waals surface area contributed by atoms with E-state index >= 15 is 4.39 Å². The number of carbonyl (C=O) groups excluding carboxylic acids is 1. The molecule has 34 heavy (non-hydrogen) atoms. The quantitative estimate of drug-likeness (QED) is 0.602. The van der Waals surface area contributed by atoms with Gasteiger partial charge in [0.25, 0.3) is 5.91 Å². The van der Waals surface area contributed by atoms with Gasteiger partial charge in [-0.15, -0.1) is 0 Å². The summed E-state index contributed by atoms with van der Waals surface area (Å²) in [4.78, 5) is 23.5. The molecule has 0 aromatic carbocycles. The molecule has 0 saturated carbocycles. The Kier molecular flexibility index (Phi) is 6.12. The number of halogens is 5. The number of fused-ring (bicyclic) bond motifs is 1. The molecule has 1 amide bonds. The first-order valence-electron chi connectivity index (χ1n) is 10.6. The van der Waals surface area contributed by atoms with E-state index < -0.39 is 47.5 Å². The number of ether oxygens (including phenoxy) is 1. The van der Waals surface area contributed by atoms with Crippen molar-refractivity contribution in [1.29, 1.82) is 0 Å². The lowest BCUT2D eigenvalue weighted by atomic mass is 9.90. The van der Waals surface area contributed by atoms with Gasteiger partial charge in [0, 0.05) is 31.5 Å². The predicted molar refractivity (Wildman–Crippen MR) is 110 cm³/mol. The second-order valence-electron chi connectivity index (χ2n) is 8.92. The highest BCUT2D eigenvalue weighted by molar-refractivity contribution is 5.87. The number of H-pyrrole nitrogens is 1. The molecule has 186 valence electrons. The zero-order chi connectivity index (χ0) is 24.8. The largest absolute Gasteiger partial charge is 0.422 e. The van der Waals surface area contributed by atoms with E-state index in [0.717, 1.165) is 0 Å². The van der Waals surface area contributed by atoms with Crippen molar-refractivity contribution in [2.24, 2.45) is 0 Å². The van der Waals surface area contributed by atoms with Crippen LogP contribution < -0.4 is 10.1 Å². The van der Waals surface area contributed by atoms with Crippen LogP contribution in [0.5, 0.6) is 6.01 Å². The van der Waals surface area contributed by atoms with Crippen LogP contribution >= 0.6 is 0 Å². The highest BCUT2D eigenvalue weighted by Crippen LogP contribution is 2.44. The van der Waals surface area contributed by atoms with Crippen LogP contribution in [0.2, 0.25) is 0 Å². The van der Waals surface area contributed by atoms with Crippen LogP contribution in [-0.2, 0) is 16.9 Å². The molecule has 2 N–H and O–H groups in total. The normalized spacial score (nSPS) is 20.3. The van der Waals surface area contributed by atoms with Crippen LogP contribution in [-0.4, -0.2) is 74.5 Å². The summed E-state index contributed by atoms with van der Waals surface area (Å²) in [5.74, 6) is -2.02. The summed E-state index contributed by atoms with van der Waals surface area (Å²) < 4.78 is 72.0. The Morgan fingerprint density at radius 2 is 1.91 bits per heavy atom. The van der Waals surface area contributed by atoms with E-state index in [4.69, 9.17) is 0 Å². The molecule has 0 spiro atoms. The molecule has 4 rings (SSSR count). The maximum absolute atomic E-state index is 15.5. The number of aromatic nitrogens is 4. The Morgan fingerprint density at radius 3 is 2.56 bits per heavy atom. The van der Waals surface area contributed by atoms with Crippen molar-refractivity contribution in [3.8, 4) is 6.01 Å². The van der Waals surface area contributed by atoms with E-state index in [0.29, 0.717) is 30.5 Å². The Morgan fingerprint density at radius 1 is 1.24 bits per heavy atom. The number of hydrogen-bond acceptors (Lipinski definition) is 7. The lowest BCUT2D eigenvalue weighted by molar-refractivity contribution is -0.153. The van der Waals surface area contributed by atoms with Crippen molar-refractivity contribution in [1.82, 2.24) is 30.0 Å². The topological polar surface area (TPSA) is 99.3 Å². The standard InChI is InChI=1S/C20H24F5N7O2/c1-19(2)12-10(9-32(19)17(33)20(25)4-6-31(3)7-5-20)15(30-29-12)27-16-11(21)8-26-18(28-16)34-14(24)13(22)23/h8,13-14H,4-7,9H2,1-3H3,(H2,26,27,28,29,30). The Labute approximate surface area is 191 Å². The van der Waals surface area contributed by atoms with Gasteiger partial charge in [0.1, 0.15) is 0 Å². The molecule has 2 aliphatic heterocycles. The zero-order valence-electron chi connectivity index (χ0n) is 18.7. The predicted octanol–water partition coefficient (Wildman–Crippen LogP) is 3.03. The number of rotatable bonds is 6. The third-order valence-corrected chi connectivity index (χ3v) is 6.25. The van der Waals surface area contributed by atoms with Gasteiger partial charge in [0.2, 0.25) is 0 Å². The number of likely N-dealkylation sites (tertiary alicyclic amines) is 1. The zero-order valence-corrected chi connectivity index (χ0v) is 18.7. The average molecular weight is 489 g/mol. The molecule has 4 heterocycles. The lowest BCUT2D eigenvalue weighted by Gasteiger charge is -2.40. The molecule has 1 atom stereocenters. The number of amides is 1. The molecule has 2 aliphatic rings. The highest BCUT2D eigenvalue weighted by atomic mass is 19.3. The van der Waals surface area contributed by atoms with Gasteiger partial charge < -0.3 is 19.9 Å². The van der Waals surface area contributed by atoms with E-state index in [1.165, 1.54) is 4.90 Å². The average Bonchev–Trinajstić information content (AvgIpc) is 3.30.